The molecule has 44 heavy (non-hydrogen) atoms. The summed E-state index contributed by atoms with van der Waals surface area (Å²) in [6, 6.07) is 11.9. The van der Waals surface area contributed by atoms with Crippen LogP contribution in [0.3, 0.4) is 0 Å². The van der Waals surface area contributed by atoms with E-state index < -0.39 is 11.8 Å². The van der Waals surface area contributed by atoms with Crippen LogP contribution in [-0.4, -0.2) is 83.1 Å². The third-order valence-corrected chi connectivity index (χ3v) is 9.50. The van der Waals surface area contributed by atoms with Gasteiger partial charge in [0.05, 0.1) is 53.7 Å². The molecule has 1 amide bonds. The molecule has 230 valence electrons. The van der Waals surface area contributed by atoms with E-state index in [0.717, 1.165) is 31.9 Å². The van der Waals surface area contributed by atoms with Crippen LogP contribution in [0.2, 0.25) is 10.0 Å². The number of nitrogens with one attached hydrogen (secondary N) is 1. The highest BCUT2D eigenvalue weighted by Crippen LogP contribution is 2.43. The Bertz CT molecular complexity index is 1630. The van der Waals surface area contributed by atoms with E-state index in [-0.39, 0.29) is 45.9 Å². The summed E-state index contributed by atoms with van der Waals surface area (Å²) in [7, 11) is 1.27. The number of fused-ring (bicyclic) bond motifs is 1. The second-order valence-corrected chi connectivity index (χ2v) is 12.6. The van der Waals surface area contributed by atoms with E-state index in [4.69, 9.17) is 37.4 Å². The molecule has 1 spiro atoms. The molecule has 4 heterocycles. The Morgan fingerprint density at radius 1 is 1.00 bits per heavy atom. The lowest BCUT2D eigenvalue weighted by molar-refractivity contribution is 0.0515. The number of ether oxygens (including phenoxy) is 3. The van der Waals surface area contributed by atoms with Crippen LogP contribution in [-0.2, 0) is 16.0 Å². The van der Waals surface area contributed by atoms with Gasteiger partial charge < -0.3 is 34.2 Å². The van der Waals surface area contributed by atoms with Gasteiger partial charge in [-0.05, 0) is 24.3 Å². The Morgan fingerprint density at radius 3 is 2.39 bits per heavy atom. The van der Waals surface area contributed by atoms with Gasteiger partial charge >= 0.3 is 5.97 Å². The number of anilines is 2. The maximum absolute atomic E-state index is 15.6. The molecule has 12 heteroatoms. The number of rotatable bonds is 5. The summed E-state index contributed by atoms with van der Waals surface area (Å²) in [5.41, 5.74) is 3.67. The number of benzene rings is 3. The van der Waals surface area contributed by atoms with Crippen molar-refractivity contribution in [3.8, 4) is 16.9 Å². The highest BCUT2D eigenvalue weighted by atomic mass is 35.5. The summed E-state index contributed by atoms with van der Waals surface area (Å²) < 4.78 is 32.2. The summed E-state index contributed by atoms with van der Waals surface area (Å²) in [5, 5.41) is 3.89. The number of hydrogen-bond acceptors (Lipinski definition) is 8. The zero-order valence-corrected chi connectivity index (χ0v) is 25.6. The Labute approximate surface area is 264 Å². The zero-order valence-electron chi connectivity index (χ0n) is 24.1. The van der Waals surface area contributed by atoms with Crippen LogP contribution in [0.25, 0.3) is 11.1 Å². The van der Waals surface area contributed by atoms with Crippen molar-refractivity contribution >= 4 is 46.5 Å². The number of para-hydroxylation sites is 1. The monoisotopic (exact) mass is 640 g/mol. The number of nitrogens with zero attached hydrogens (tertiary/aromatic N) is 3. The lowest BCUT2D eigenvalue weighted by Crippen LogP contribution is -2.71. The number of hydrogen-bond donors (Lipinski definition) is 1. The number of carbonyl (C=O) groups is 2. The summed E-state index contributed by atoms with van der Waals surface area (Å²) in [5.74, 6) is -1.08. The van der Waals surface area contributed by atoms with E-state index in [1.165, 1.54) is 18.1 Å². The van der Waals surface area contributed by atoms with Crippen molar-refractivity contribution in [2.45, 2.75) is 6.54 Å². The van der Waals surface area contributed by atoms with Crippen molar-refractivity contribution in [1.29, 1.82) is 0 Å². The van der Waals surface area contributed by atoms with Gasteiger partial charge in [-0.15, -0.1) is 0 Å². The van der Waals surface area contributed by atoms with Crippen molar-refractivity contribution in [2.24, 2.45) is 5.41 Å². The molecule has 0 aromatic heterocycles. The molecular formula is C32H31Cl2FN4O5. The molecular weight excluding hydrogens is 610 g/mol. The van der Waals surface area contributed by atoms with Crippen LogP contribution < -0.4 is 19.9 Å². The minimum Gasteiger partial charge on any atom is -0.472 e. The molecule has 4 aliphatic rings. The van der Waals surface area contributed by atoms with Crippen LogP contribution in [0.1, 0.15) is 26.3 Å². The molecule has 3 fully saturated rings. The highest BCUT2D eigenvalue weighted by Gasteiger charge is 2.47. The van der Waals surface area contributed by atoms with E-state index in [1.54, 1.807) is 30.3 Å². The van der Waals surface area contributed by atoms with Gasteiger partial charge in [-0.3, -0.25) is 4.79 Å². The maximum atomic E-state index is 15.6. The average molecular weight is 642 g/mol. The summed E-state index contributed by atoms with van der Waals surface area (Å²) in [6.07, 6.45) is 0. The molecule has 0 bridgehead atoms. The van der Waals surface area contributed by atoms with Crippen molar-refractivity contribution < 1.29 is 28.2 Å². The molecule has 0 aliphatic carbocycles. The summed E-state index contributed by atoms with van der Waals surface area (Å²) in [6.45, 7) is 6.13. The lowest BCUT2D eigenvalue weighted by Gasteiger charge is -2.57. The Morgan fingerprint density at radius 2 is 1.73 bits per heavy atom. The average Bonchev–Trinajstić information content (AvgIpc) is 2.98. The van der Waals surface area contributed by atoms with Gasteiger partial charge in [0.1, 0.15) is 11.6 Å². The molecule has 3 aromatic rings. The number of carbonyl (C=O) groups excluding carboxylic acids is 2. The van der Waals surface area contributed by atoms with Crippen LogP contribution in [0.4, 0.5) is 15.8 Å². The second-order valence-electron chi connectivity index (χ2n) is 11.8. The molecule has 9 nitrogen and oxygen atoms in total. The fourth-order valence-electron chi connectivity index (χ4n) is 6.48. The Kier molecular flexibility index (Phi) is 7.56. The largest absolute Gasteiger partial charge is 0.472 e. The van der Waals surface area contributed by atoms with E-state index in [0.29, 0.717) is 54.3 Å². The summed E-state index contributed by atoms with van der Waals surface area (Å²) >= 11 is 13.3. The SMILES string of the molecule is COC(=O)c1cc(F)c(-c2cccc3c2OCN(C(=O)c2c(Cl)cc(N4CC5(CNC5)C4)cc2Cl)C3)cc1N1CCOCC1. The van der Waals surface area contributed by atoms with Gasteiger partial charge in [-0.2, -0.15) is 0 Å². The van der Waals surface area contributed by atoms with Gasteiger partial charge in [0.25, 0.3) is 5.91 Å². The van der Waals surface area contributed by atoms with Crippen molar-refractivity contribution in [3.05, 3.63) is 75.0 Å². The van der Waals surface area contributed by atoms with E-state index in [2.05, 4.69) is 10.2 Å². The van der Waals surface area contributed by atoms with E-state index in [9.17, 15) is 9.59 Å². The first-order chi connectivity index (χ1) is 21.3. The smallest absolute Gasteiger partial charge is 0.340 e. The van der Waals surface area contributed by atoms with Crippen LogP contribution >= 0.6 is 23.2 Å². The van der Waals surface area contributed by atoms with E-state index >= 15 is 4.39 Å². The number of morpholine rings is 1. The topological polar surface area (TPSA) is 83.6 Å². The molecule has 0 unspecified atom stereocenters. The van der Waals surface area contributed by atoms with E-state index in [1.807, 2.05) is 11.0 Å². The normalized spacial score (nSPS) is 18.7. The summed E-state index contributed by atoms with van der Waals surface area (Å²) in [4.78, 5) is 31.9. The molecule has 1 N–H and O–H groups in total. The number of amides is 1. The zero-order chi connectivity index (χ0) is 30.6. The predicted octanol–water partition coefficient (Wildman–Crippen LogP) is 4.82. The molecule has 0 radical (unpaired) electrons. The molecule has 3 saturated heterocycles. The maximum Gasteiger partial charge on any atom is 0.340 e. The fourth-order valence-corrected chi connectivity index (χ4v) is 7.11. The Hall–Kier alpha value is -3.57. The third-order valence-electron chi connectivity index (χ3n) is 8.90. The highest BCUT2D eigenvalue weighted by molar-refractivity contribution is 6.40. The minimum absolute atomic E-state index is 0.0723. The van der Waals surface area contributed by atoms with Gasteiger partial charge in [0.2, 0.25) is 0 Å². The number of halogens is 3. The van der Waals surface area contributed by atoms with Crippen molar-refractivity contribution in [2.75, 3.05) is 76.1 Å². The third kappa shape index (κ3) is 5.03. The van der Waals surface area contributed by atoms with Gasteiger partial charge in [-0.1, -0.05) is 41.4 Å². The minimum atomic E-state index is -0.618. The molecule has 4 aliphatic heterocycles. The van der Waals surface area contributed by atoms with Crippen LogP contribution in [0.15, 0.2) is 42.5 Å². The molecule has 0 saturated carbocycles. The number of esters is 1. The Balaban J connectivity index is 1.15. The van der Waals surface area contributed by atoms with Crippen LogP contribution in [0.5, 0.6) is 5.75 Å². The van der Waals surface area contributed by atoms with Gasteiger partial charge in [0, 0.05) is 67.1 Å². The van der Waals surface area contributed by atoms with Gasteiger partial charge in [0.15, 0.2) is 6.73 Å². The van der Waals surface area contributed by atoms with Crippen molar-refractivity contribution in [3.63, 3.8) is 0 Å². The number of methoxy groups -OCH3 is 1. The molecule has 0 atom stereocenters. The first-order valence-corrected chi connectivity index (χ1v) is 15.3. The van der Waals surface area contributed by atoms with Crippen molar-refractivity contribution in [1.82, 2.24) is 10.2 Å². The first-order valence-electron chi connectivity index (χ1n) is 14.5. The molecule has 7 rings (SSSR count). The van der Waals surface area contributed by atoms with Crippen LogP contribution in [0, 0.1) is 11.2 Å². The fraction of sp³-hybridized carbons (Fsp3) is 0.375. The quantitative estimate of drug-likeness (QED) is 0.398. The lowest BCUT2D eigenvalue weighted by atomic mass is 9.74. The second kappa shape index (κ2) is 11.4. The standard InChI is InChI=1S/C32H31Cl2FN4O5/c1-42-31(41)23-11-26(35)22(12-27(23)37-5-7-43-8-6-37)21-4-2-3-19-13-38(18-44-29(19)21)30(40)28-24(33)9-20(10-25(28)34)39-16-32(17-39)14-36-15-32/h2-4,9-12,36H,5-8,13-18H2,1H3. The molecule has 3 aromatic carbocycles. The predicted molar refractivity (Wildman–Crippen MR) is 166 cm³/mol. The van der Waals surface area contributed by atoms with Gasteiger partial charge in [-0.25, -0.2) is 9.18 Å². The first kappa shape index (κ1) is 29.2.